The summed E-state index contributed by atoms with van der Waals surface area (Å²) in [6, 6.07) is 13.9. The molecule has 2 aromatic carbocycles. The molecule has 0 bridgehead atoms. The number of rotatable bonds is 6. The minimum atomic E-state index is 0.594. The second-order valence-electron chi connectivity index (χ2n) is 7.05. The van der Waals surface area contributed by atoms with Gasteiger partial charge >= 0.3 is 0 Å². The first kappa shape index (κ1) is 19.6. The molecule has 1 aliphatic rings. The molecule has 0 aliphatic carbocycles. The molecule has 7 heteroatoms. The smallest absolute Gasteiger partial charge is 0.138 e. The van der Waals surface area contributed by atoms with Gasteiger partial charge in [0, 0.05) is 56.2 Å². The number of halogens is 1. The summed E-state index contributed by atoms with van der Waals surface area (Å²) in [5, 5.41) is 0.594. The lowest BCUT2D eigenvalue weighted by Crippen LogP contribution is -2.46. The molecule has 0 amide bonds. The molecule has 1 aliphatic heterocycles. The number of hydrogen-bond acceptors (Lipinski definition) is 5. The number of H-pyrrole nitrogens is 1. The van der Waals surface area contributed by atoms with Gasteiger partial charge in [0.1, 0.15) is 17.3 Å². The van der Waals surface area contributed by atoms with Crippen LogP contribution >= 0.6 is 11.6 Å². The number of imidazole rings is 1. The molecule has 3 aromatic rings. The Morgan fingerprint density at radius 2 is 1.86 bits per heavy atom. The van der Waals surface area contributed by atoms with Crippen LogP contribution in [0.25, 0.3) is 11.4 Å². The highest BCUT2D eigenvalue weighted by Crippen LogP contribution is 2.29. The number of hydrogen-bond donors (Lipinski definition) is 1. The van der Waals surface area contributed by atoms with E-state index in [0.29, 0.717) is 10.8 Å². The Kier molecular flexibility index (Phi) is 5.92. The van der Waals surface area contributed by atoms with Gasteiger partial charge in [0.15, 0.2) is 0 Å². The number of nitrogens with one attached hydrogen (secondary N) is 1. The van der Waals surface area contributed by atoms with Gasteiger partial charge in [0.2, 0.25) is 0 Å². The van der Waals surface area contributed by atoms with Gasteiger partial charge in [0.05, 0.1) is 24.9 Å². The summed E-state index contributed by atoms with van der Waals surface area (Å²) in [5.41, 5.74) is 3.20. The van der Waals surface area contributed by atoms with Crippen LogP contribution in [-0.2, 0) is 6.54 Å². The maximum atomic E-state index is 6.12. The second-order valence-corrected chi connectivity index (χ2v) is 7.46. The molecule has 1 fully saturated rings. The molecule has 0 unspecified atom stereocenters. The van der Waals surface area contributed by atoms with Crippen LogP contribution in [0.2, 0.25) is 5.02 Å². The zero-order valence-electron chi connectivity index (χ0n) is 16.7. The van der Waals surface area contributed by atoms with Gasteiger partial charge in [-0.15, -0.1) is 0 Å². The largest absolute Gasteiger partial charge is 0.497 e. The molecule has 152 valence electrons. The highest BCUT2D eigenvalue weighted by Gasteiger charge is 2.19. The van der Waals surface area contributed by atoms with Crippen molar-refractivity contribution in [2.24, 2.45) is 0 Å². The first-order chi connectivity index (χ1) is 14.2. The van der Waals surface area contributed by atoms with Crippen molar-refractivity contribution in [3.8, 4) is 22.9 Å². The van der Waals surface area contributed by atoms with E-state index in [4.69, 9.17) is 26.1 Å². The van der Waals surface area contributed by atoms with Crippen molar-refractivity contribution in [3.63, 3.8) is 0 Å². The van der Waals surface area contributed by atoms with Crippen molar-refractivity contribution in [1.29, 1.82) is 0 Å². The highest BCUT2D eigenvalue weighted by molar-refractivity contribution is 6.32. The van der Waals surface area contributed by atoms with Gasteiger partial charge in [-0.1, -0.05) is 17.7 Å². The lowest BCUT2D eigenvalue weighted by Gasteiger charge is -2.35. The maximum Gasteiger partial charge on any atom is 0.138 e. The molecule has 2 heterocycles. The molecule has 0 radical (unpaired) electrons. The Morgan fingerprint density at radius 3 is 2.62 bits per heavy atom. The third kappa shape index (κ3) is 4.49. The quantitative estimate of drug-likeness (QED) is 0.661. The highest BCUT2D eigenvalue weighted by atomic mass is 35.5. The van der Waals surface area contributed by atoms with Crippen LogP contribution < -0.4 is 14.4 Å². The van der Waals surface area contributed by atoms with E-state index >= 15 is 0 Å². The van der Waals surface area contributed by atoms with Gasteiger partial charge in [-0.25, -0.2) is 4.98 Å². The second kappa shape index (κ2) is 8.76. The molecule has 4 rings (SSSR count). The van der Waals surface area contributed by atoms with Crippen molar-refractivity contribution in [1.82, 2.24) is 14.9 Å². The number of ether oxygens (including phenoxy) is 2. The van der Waals surface area contributed by atoms with Crippen LogP contribution in [0.1, 0.15) is 5.69 Å². The molecule has 0 atom stereocenters. The predicted octanol–water partition coefficient (Wildman–Crippen LogP) is 4.07. The molecular formula is C22H25ClN4O2. The number of benzene rings is 2. The number of nitrogens with zero attached hydrogens (tertiary/aromatic N) is 3. The Morgan fingerprint density at radius 1 is 1.03 bits per heavy atom. The summed E-state index contributed by atoms with van der Waals surface area (Å²) >= 11 is 6.12. The van der Waals surface area contributed by atoms with Crippen LogP contribution in [0, 0.1) is 0 Å². The number of piperazine rings is 1. The fourth-order valence-corrected chi connectivity index (χ4v) is 3.79. The van der Waals surface area contributed by atoms with E-state index in [1.807, 2.05) is 36.5 Å². The zero-order valence-corrected chi connectivity index (χ0v) is 17.4. The third-order valence-corrected chi connectivity index (χ3v) is 5.54. The Balaban J connectivity index is 1.36. The van der Waals surface area contributed by atoms with Gasteiger partial charge in [0.25, 0.3) is 0 Å². The van der Waals surface area contributed by atoms with E-state index in [1.54, 1.807) is 14.2 Å². The van der Waals surface area contributed by atoms with Crippen LogP contribution in [0.15, 0.2) is 48.7 Å². The molecule has 29 heavy (non-hydrogen) atoms. The molecule has 1 saturated heterocycles. The summed E-state index contributed by atoms with van der Waals surface area (Å²) in [4.78, 5) is 12.8. The van der Waals surface area contributed by atoms with Crippen molar-refractivity contribution >= 4 is 17.3 Å². The van der Waals surface area contributed by atoms with Gasteiger partial charge in [-0.3, -0.25) is 4.90 Å². The fourth-order valence-electron chi connectivity index (χ4n) is 3.60. The van der Waals surface area contributed by atoms with Crippen molar-refractivity contribution in [3.05, 3.63) is 59.4 Å². The Hall–Kier alpha value is -2.70. The molecule has 0 spiro atoms. The standard InChI is InChI=1S/C22H25ClN4O2/c1-28-19-5-3-4-18(13-19)27-10-8-26(9-11-27)15-17-14-24-22(25-17)16-6-7-20(23)21(12-16)29-2/h3-7,12-14H,8-11,15H2,1-2H3,(H,24,25). The zero-order chi connectivity index (χ0) is 20.2. The van der Waals surface area contributed by atoms with E-state index in [9.17, 15) is 0 Å². The minimum Gasteiger partial charge on any atom is -0.497 e. The van der Waals surface area contributed by atoms with E-state index < -0.39 is 0 Å². The fraction of sp³-hybridized carbons (Fsp3) is 0.318. The van der Waals surface area contributed by atoms with Gasteiger partial charge in [-0.05, 0) is 30.3 Å². The SMILES string of the molecule is COc1cccc(N2CCN(Cc3c[nH]c(-c4ccc(Cl)c(OC)c4)n3)CC2)c1. The van der Waals surface area contributed by atoms with Crippen LogP contribution in [-0.4, -0.2) is 55.3 Å². The van der Waals surface area contributed by atoms with Crippen molar-refractivity contribution in [2.75, 3.05) is 45.3 Å². The first-order valence-electron chi connectivity index (χ1n) is 9.66. The van der Waals surface area contributed by atoms with Crippen LogP contribution in [0.5, 0.6) is 11.5 Å². The van der Waals surface area contributed by atoms with E-state index in [2.05, 4.69) is 26.9 Å². The van der Waals surface area contributed by atoms with E-state index in [-0.39, 0.29) is 0 Å². The number of aromatic amines is 1. The average molecular weight is 413 g/mol. The summed E-state index contributed by atoms with van der Waals surface area (Å²) < 4.78 is 10.6. The summed E-state index contributed by atoms with van der Waals surface area (Å²) in [7, 11) is 3.32. The summed E-state index contributed by atoms with van der Waals surface area (Å²) in [6.07, 6.45) is 1.98. The average Bonchev–Trinajstić information content (AvgIpc) is 3.23. The van der Waals surface area contributed by atoms with E-state index in [1.165, 1.54) is 5.69 Å². The Labute approximate surface area is 176 Å². The van der Waals surface area contributed by atoms with Crippen LogP contribution in [0.3, 0.4) is 0 Å². The van der Waals surface area contributed by atoms with Crippen molar-refractivity contribution < 1.29 is 9.47 Å². The molecule has 1 aromatic heterocycles. The van der Waals surface area contributed by atoms with Crippen molar-refractivity contribution in [2.45, 2.75) is 6.54 Å². The number of methoxy groups -OCH3 is 2. The van der Waals surface area contributed by atoms with Gasteiger partial charge < -0.3 is 19.4 Å². The lowest BCUT2D eigenvalue weighted by atomic mass is 10.2. The summed E-state index contributed by atoms with van der Waals surface area (Å²) in [5.74, 6) is 2.37. The Bertz CT molecular complexity index is 967. The minimum absolute atomic E-state index is 0.594. The van der Waals surface area contributed by atoms with Crippen LogP contribution in [0.4, 0.5) is 5.69 Å². The topological polar surface area (TPSA) is 53.6 Å². The normalized spacial score (nSPS) is 14.8. The molecule has 0 saturated carbocycles. The third-order valence-electron chi connectivity index (χ3n) is 5.23. The van der Waals surface area contributed by atoms with Gasteiger partial charge in [-0.2, -0.15) is 0 Å². The number of anilines is 1. The maximum absolute atomic E-state index is 6.12. The monoisotopic (exact) mass is 412 g/mol. The first-order valence-corrected chi connectivity index (χ1v) is 10.0. The van der Waals surface area contributed by atoms with E-state index in [0.717, 1.165) is 55.6 Å². The lowest BCUT2D eigenvalue weighted by molar-refractivity contribution is 0.247. The molecule has 1 N–H and O–H groups in total. The molecule has 6 nitrogen and oxygen atoms in total. The summed E-state index contributed by atoms with van der Waals surface area (Å²) in [6.45, 7) is 4.78. The molecular weight excluding hydrogens is 388 g/mol. The number of aromatic nitrogens is 2. The predicted molar refractivity (Wildman–Crippen MR) is 116 cm³/mol.